The summed E-state index contributed by atoms with van der Waals surface area (Å²) < 4.78 is 0. The van der Waals surface area contributed by atoms with Crippen molar-refractivity contribution >= 4 is 29.1 Å². The normalized spacial score (nSPS) is 13.6. The minimum absolute atomic E-state index is 0.147. The number of rotatable bonds is 4. The predicted molar refractivity (Wildman–Crippen MR) is 83.0 cm³/mol. The largest absolute Gasteiger partial charge is 0.348 e. The molecule has 0 spiro atoms. The SMILES string of the molecule is C[C@@H](NC(=O)C(Cl)c1ccccc1)c1cccc(Cl)c1. The Kier molecular flexibility index (Phi) is 5.05. The number of amides is 1. The van der Waals surface area contributed by atoms with Crippen molar-refractivity contribution in [3.63, 3.8) is 0 Å². The summed E-state index contributed by atoms with van der Waals surface area (Å²) in [5, 5.41) is 2.84. The van der Waals surface area contributed by atoms with E-state index in [1.165, 1.54) is 0 Å². The second kappa shape index (κ2) is 6.78. The van der Waals surface area contributed by atoms with Crippen molar-refractivity contribution in [1.29, 1.82) is 0 Å². The summed E-state index contributed by atoms with van der Waals surface area (Å²) in [7, 11) is 0. The molecule has 0 saturated heterocycles. The molecule has 0 radical (unpaired) electrons. The van der Waals surface area contributed by atoms with E-state index in [-0.39, 0.29) is 11.9 Å². The summed E-state index contributed by atoms with van der Waals surface area (Å²) in [5.74, 6) is -0.217. The molecule has 0 bridgehead atoms. The number of halogens is 2. The smallest absolute Gasteiger partial charge is 0.243 e. The molecule has 0 fully saturated rings. The van der Waals surface area contributed by atoms with E-state index in [1.807, 2.05) is 55.5 Å². The highest BCUT2D eigenvalue weighted by atomic mass is 35.5. The molecule has 0 aliphatic carbocycles. The van der Waals surface area contributed by atoms with Crippen LogP contribution in [0, 0.1) is 0 Å². The quantitative estimate of drug-likeness (QED) is 0.828. The Labute approximate surface area is 128 Å². The van der Waals surface area contributed by atoms with E-state index in [1.54, 1.807) is 6.07 Å². The minimum atomic E-state index is -0.696. The van der Waals surface area contributed by atoms with Crippen LogP contribution in [0.2, 0.25) is 5.02 Å². The lowest BCUT2D eigenvalue weighted by Crippen LogP contribution is -2.29. The van der Waals surface area contributed by atoms with Gasteiger partial charge in [-0.05, 0) is 30.2 Å². The monoisotopic (exact) mass is 307 g/mol. The summed E-state index contributed by atoms with van der Waals surface area (Å²) >= 11 is 12.1. The van der Waals surface area contributed by atoms with Crippen molar-refractivity contribution in [2.24, 2.45) is 0 Å². The lowest BCUT2D eigenvalue weighted by atomic mass is 10.1. The van der Waals surface area contributed by atoms with Crippen LogP contribution in [0.1, 0.15) is 29.5 Å². The molecule has 2 aromatic carbocycles. The number of alkyl halides is 1. The van der Waals surface area contributed by atoms with Crippen LogP contribution >= 0.6 is 23.2 Å². The number of benzene rings is 2. The van der Waals surface area contributed by atoms with E-state index < -0.39 is 5.38 Å². The van der Waals surface area contributed by atoms with Gasteiger partial charge in [-0.2, -0.15) is 0 Å². The van der Waals surface area contributed by atoms with E-state index in [0.717, 1.165) is 11.1 Å². The van der Waals surface area contributed by atoms with Gasteiger partial charge in [-0.25, -0.2) is 0 Å². The standard InChI is InChI=1S/C16H15Cl2NO/c1-11(13-8-5-9-14(17)10-13)19-16(20)15(18)12-6-3-2-4-7-12/h2-11,15H,1H3,(H,19,20)/t11-,15?/m1/s1. The highest BCUT2D eigenvalue weighted by molar-refractivity contribution is 6.31. The average Bonchev–Trinajstić information content (AvgIpc) is 2.47. The molecule has 2 aromatic rings. The topological polar surface area (TPSA) is 29.1 Å². The van der Waals surface area contributed by atoms with Crippen LogP contribution in [0.25, 0.3) is 0 Å². The van der Waals surface area contributed by atoms with Gasteiger partial charge in [0.1, 0.15) is 5.38 Å². The fourth-order valence-electron chi connectivity index (χ4n) is 1.92. The molecule has 20 heavy (non-hydrogen) atoms. The zero-order valence-corrected chi connectivity index (χ0v) is 12.5. The maximum Gasteiger partial charge on any atom is 0.243 e. The van der Waals surface area contributed by atoms with Gasteiger partial charge < -0.3 is 5.32 Å². The van der Waals surface area contributed by atoms with Gasteiger partial charge in [0.2, 0.25) is 5.91 Å². The molecule has 1 N–H and O–H groups in total. The van der Waals surface area contributed by atoms with Gasteiger partial charge in [0.15, 0.2) is 0 Å². The Balaban J connectivity index is 2.04. The molecule has 104 valence electrons. The molecule has 2 nitrogen and oxygen atoms in total. The third-order valence-corrected chi connectivity index (χ3v) is 3.72. The maximum atomic E-state index is 12.1. The number of nitrogens with one attached hydrogen (secondary N) is 1. The fraction of sp³-hybridized carbons (Fsp3) is 0.188. The predicted octanol–water partition coefficient (Wildman–Crippen LogP) is 4.50. The van der Waals surface area contributed by atoms with Gasteiger partial charge in [-0.3, -0.25) is 4.79 Å². The molecular weight excluding hydrogens is 293 g/mol. The maximum absolute atomic E-state index is 12.1. The van der Waals surface area contributed by atoms with Gasteiger partial charge >= 0.3 is 0 Å². The van der Waals surface area contributed by atoms with Crippen LogP contribution in [0.3, 0.4) is 0 Å². The summed E-state index contributed by atoms with van der Waals surface area (Å²) in [6, 6.07) is 16.5. The summed E-state index contributed by atoms with van der Waals surface area (Å²) in [6.45, 7) is 1.90. The molecular formula is C16H15Cl2NO. The zero-order valence-electron chi connectivity index (χ0n) is 11.0. The van der Waals surface area contributed by atoms with E-state index in [0.29, 0.717) is 5.02 Å². The minimum Gasteiger partial charge on any atom is -0.348 e. The molecule has 1 amide bonds. The third-order valence-electron chi connectivity index (χ3n) is 3.03. The van der Waals surface area contributed by atoms with Crippen molar-refractivity contribution in [3.8, 4) is 0 Å². The van der Waals surface area contributed by atoms with Crippen LogP contribution in [-0.2, 0) is 4.79 Å². The van der Waals surface area contributed by atoms with Gasteiger partial charge in [0.25, 0.3) is 0 Å². The van der Waals surface area contributed by atoms with E-state index in [9.17, 15) is 4.79 Å². The molecule has 0 aliphatic rings. The average molecular weight is 308 g/mol. The van der Waals surface area contributed by atoms with E-state index in [2.05, 4.69) is 5.32 Å². The fourth-order valence-corrected chi connectivity index (χ4v) is 2.33. The second-order valence-corrected chi connectivity index (χ2v) is 5.43. The third kappa shape index (κ3) is 3.75. The molecule has 4 heteroatoms. The number of hydrogen-bond donors (Lipinski definition) is 1. The van der Waals surface area contributed by atoms with Crippen molar-refractivity contribution < 1.29 is 4.79 Å². The van der Waals surface area contributed by atoms with Crippen molar-refractivity contribution in [3.05, 3.63) is 70.7 Å². The van der Waals surface area contributed by atoms with Crippen molar-refractivity contribution in [2.45, 2.75) is 18.3 Å². The summed E-state index contributed by atoms with van der Waals surface area (Å²) in [6.07, 6.45) is 0. The van der Waals surface area contributed by atoms with Crippen molar-refractivity contribution in [1.82, 2.24) is 5.32 Å². The van der Waals surface area contributed by atoms with Crippen LogP contribution < -0.4 is 5.32 Å². The number of hydrogen-bond acceptors (Lipinski definition) is 1. The molecule has 0 saturated carbocycles. The Morgan fingerprint density at radius 2 is 1.70 bits per heavy atom. The van der Waals surface area contributed by atoms with Crippen LogP contribution in [0.5, 0.6) is 0 Å². The van der Waals surface area contributed by atoms with E-state index in [4.69, 9.17) is 23.2 Å². The van der Waals surface area contributed by atoms with Crippen LogP contribution in [-0.4, -0.2) is 5.91 Å². The molecule has 0 heterocycles. The Morgan fingerprint density at radius 3 is 2.35 bits per heavy atom. The Hall–Kier alpha value is -1.51. The first-order valence-corrected chi connectivity index (χ1v) is 7.14. The highest BCUT2D eigenvalue weighted by Gasteiger charge is 2.19. The summed E-state index contributed by atoms with van der Waals surface area (Å²) in [4.78, 5) is 12.1. The molecule has 2 atom stereocenters. The molecule has 2 rings (SSSR count). The van der Waals surface area contributed by atoms with Gasteiger partial charge in [0, 0.05) is 5.02 Å². The van der Waals surface area contributed by atoms with Gasteiger partial charge in [-0.1, -0.05) is 54.1 Å². The number of carbonyl (C=O) groups excluding carboxylic acids is 1. The van der Waals surface area contributed by atoms with Gasteiger partial charge in [-0.15, -0.1) is 11.6 Å². The molecule has 0 aromatic heterocycles. The molecule has 0 aliphatic heterocycles. The second-order valence-electron chi connectivity index (χ2n) is 4.56. The first-order valence-electron chi connectivity index (χ1n) is 6.33. The lowest BCUT2D eigenvalue weighted by molar-refractivity contribution is -0.121. The Morgan fingerprint density at radius 1 is 1.05 bits per heavy atom. The van der Waals surface area contributed by atoms with Crippen molar-refractivity contribution in [2.75, 3.05) is 0 Å². The summed E-state index contributed by atoms with van der Waals surface area (Å²) in [5.41, 5.74) is 1.73. The first-order chi connectivity index (χ1) is 9.58. The Bertz CT molecular complexity index is 586. The number of carbonyl (C=O) groups is 1. The van der Waals surface area contributed by atoms with Crippen LogP contribution in [0.15, 0.2) is 54.6 Å². The first kappa shape index (κ1) is 14.9. The molecule has 1 unspecified atom stereocenters. The zero-order chi connectivity index (χ0) is 14.5. The van der Waals surface area contributed by atoms with Gasteiger partial charge in [0.05, 0.1) is 6.04 Å². The van der Waals surface area contributed by atoms with Crippen LogP contribution in [0.4, 0.5) is 0 Å². The lowest BCUT2D eigenvalue weighted by Gasteiger charge is -2.17. The highest BCUT2D eigenvalue weighted by Crippen LogP contribution is 2.23. The van der Waals surface area contributed by atoms with E-state index >= 15 is 0 Å².